The minimum atomic E-state index is 0.0332. The zero-order valence-corrected chi connectivity index (χ0v) is 13.1. The lowest BCUT2D eigenvalue weighted by atomic mass is 9.78. The van der Waals surface area contributed by atoms with Crippen LogP contribution in [0, 0.1) is 5.41 Å². The number of fused-ring (bicyclic) bond motifs is 1. The SMILES string of the molecule is CC1(C)CC(=O)c2sc(Cc3cccc(Cl)c3)nc2C1. The smallest absolute Gasteiger partial charge is 0.175 e. The molecule has 1 aromatic heterocycles. The van der Waals surface area contributed by atoms with E-state index in [9.17, 15) is 4.79 Å². The minimum Gasteiger partial charge on any atom is -0.293 e. The van der Waals surface area contributed by atoms with Gasteiger partial charge >= 0.3 is 0 Å². The van der Waals surface area contributed by atoms with Gasteiger partial charge in [-0.1, -0.05) is 37.6 Å². The van der Waals surface area contributed by atoms with Crippen LogP contribution in [0.25, 0.3) is 0 Å². The summed E-state index contributed by atoms with van der Waals surface area (Å²) >= 11 is 7.54. The van der Waals surface area contributed by atoms with Crippen LogP contribution in [0.2, 0.25) is 5.02 Å². The zero-order chi connectivity index (χ0) is 14.3. The Morgan fingerprint density at radius 3 is 2.90 bits per heavy atom. The monoisotopic (exact) mass is 305 g/mol. The summed E-state index contributed by atoms with van der Waals surface area (Å²) in [6, 6.07) is 7.80. The number of carbonyl (C=O) groups is 1. The first-order chi connectivity index (χ1) is 9.43. The maximum Gasteiger partial charge on any atom is 0.175 e. The zero-order valence-electron chi connectivity index (χ0n) is 11.6. The summed E-state index contributed by atoms with van der Waals surface area (Å²) in [5.41, 5.74) is 2.15. The average Bonchev–Trinajstić information content (AvgIpc) is 2.70. The van der Waals surface area contributed by atoms with Gasteiger partial charge < -0.3 is 0 Å². The van der Waals surface area contributed by atoms with E-state index in [1.54, 1.807) is 11.3 Å². The van der Waals surface area contributed by atoms with Crippen LogP contribution in [0.15, 0.2) is 24.3 Å². The van der Waals surface area contributed by atoms with Crippen molar-refractivity contribution >= 4 is 28.7 Å². The molecule has 0 saturated heterocycles. The van der Waals surface area contributed by atoms with E-state index in [1.165, 1.54) is 0 Å². The van der Waals surface area contributed by atoms with Crippen LogP contribution < -0.4 is 0 Å². The van der Waals surface area contributed by atoms with Crippen LogP contribution in [0.1, 0.15) is 46.2 Å². The lowest BCUT2D eigenvalue weighted by molar-refractivity contribution is 0.0916. The Hall–Kier alpha value is -1.19. The Labute approximate surface area is 127 Å². The fourth-order valence-electron chi connectivity index (χ4n) is 2.67. The number of rotatable bonds is 2. The van der Waals surface area contributed by atoms with Crippen LogP contribution >= 0.6 is 22.9 Å². The summed E-state index contributed by atoms with van der Waals surface area (Å²) in [5.74, 6) is 0.242. The van der Waals surface area contributed by atoms with Crippen LogP contribution in [0.5, 0.6) is 0 Å². The number of halogens is 1. The molecule has 0 amide bonds. The molecule has 1 aromatic carbocycles. The van der Waals surface area contributed by atoms with Crippen molar-refractivity contribution in [2.24, 2.45) is 5.41 Å². The quantitative estimate of drug-likeness (QED) is 0.815. The first-order valence-electron chi connectivity index (χ1n) is 6.69. The summed E-state index contributed by atoms with van der Waals surface area (Å²) in [7, 11) is 0. The van der Waals surface area contributed by atoms with Crippen molar-refractivity contribution in [3.8, 4) is 0 Å². The number of benzene rings is 1. The second-order valence-corrected chi connectivity index (χ2v) is 7.65. The van der Waals surface area contributed by atoms with E-state index in [0.29, 0.717) is 6.42 Å². The Morgan fingerprint density at radius 1 is 1.35 bits per heavy atom. The van der Waals surface area contributed by atoms with E-state index >= 15 is 0 Å². The number of thiazole rings is 1. The number of Topliss-reactive ketones (excluding diaryl/α,β-unsaturated/α-hetero) is 1. The number of hydrogen-bond donors (Lipinski definition) is 0. The fraction of sp³-hybridized carbons (Fsp3) is 0.375. The topological polar surface area (TPSA) is 30.0 Å². The van der Waals surface area contributed by atoms with Crippen molar-refractivity contribution in [3.63, 3.8) is 0 Å². The standard InChI is InChI=1S/C16H16ClNOS/c1-16(2)8-12-15(13(19)9-16)20-14(18-12)7-10-4-3-5-11(17)6-10/h3-6H,7-9H2,1-2H3. The molecule has 0 atom stereocenters. The molecule has 1 heterocycles. The maximum absolute atomic E-state index is 12.2. The summed E-state index contributed by atoms with van der Waals surface area (Å²) in [6.07, 6.45) is 2.25. The molecule has 1 aliphatic rings. The van der Waals surface area contributed by atoms with Gasteiger partial charge in [0.2, 0.25) is 0 Å². The van der Waals surface area contributed by atoms with E-state index in [1.807, 2.05) is 24.3 Å². The van der Waals surface area contributed by atoms with Gasteiger partial charge in [0, 0.05) is 17.9 Å². The molecule has 20 heavy (non-hydrogen) atoms. The first kappa shape index (κ1) is 13.8. The third-order valence-corrected chi connectivity index (χ3v) is 4.90. The van der Waals surface area contributed by atoms with E-state index in [0.717, 1.165) is 39.0 Å². The lowest BCUT2D eigenvalue weighted by Crippen LogP contribution is -2.26. The molecular weight excluding hydrogens is 290 g/mol. The van der Waals surface area contributed by atoms with Crippen molar-refractivity contribution in [1.29, 1.82) is 0 Å². The van der Waals surface area contributed by atoms with Gasteiger partial charge in [-0.2, -0.15) is 0 Å². The van der Waals surface area contributed by atoms with Gasteiger partial charge in [-0.15, -0.1) is 11.3 Å². The van der Waals surface area contributed by atoms with Crippen molar-refractivity contribution in [3.05, 3.63) is 50.4 Å². The number of hydrogen-bond acceptors (Lipinski definition) is 3. The Kier molecular flexibility index (Phi) is 3.43. The number of nitrogens with zero attached hydrogens (tertiary/aromatic N) is 1. The van der Waals surface area contributed by atoms with Crippen LogP contribution in [0.4, 0.5) is 0 Å². The predicted molar refractivity (Wildman–Crippen MR) is 82.8 cm³/mol. The molecule has 0 unspecified atom stereocenters. The van der Waals surface area contributed by atoms with Crippen LogP contribution in [0.3, 0.4) is 0 Å². The first-order valence-corrected chi connectivity index (χ1v) is 7.89. The van der Waals surface area contributed by atoms with E-state index < -0.39 is 0 Å². The maximum atomic E-state index is 12.2. The molecule has 0 saturated carbocycles. The second-order valence-electron chi connectivity index (χ2n) is 6.13. The lowest BCUT2D eigenvalue weighted by Gasteiger charge is -2.26. The highest BCUT2D eigenvalue weighted by Crippen LogP contribution is 2.37. The number of carbonyl (C=O) groups excluding carboxylic acids is 1. The van der Waals surface area contributed by atoms with Crippen LogP contribution in [-0.4, -0.2) is 10.8 Å². The van der Waals surface area contributed by atoms with Crippen LogP contribution in [-0.2, 0) is 12.8 Å². The van der Waals surface area contributed by atoms with E-state index in [2.05, 4.69) is 18.8 Å². The molecule has 0 spiro atoms. The van der Waals surface area contributed by atoms with Crippen molar-refractivity contribution in [2.75, 3.05) is 0 Å². The number of ketones is 1. The predicted octanol–water partition coefficient (Wildman–Crippen LogP) is 4.54. The van der Waals surface area contributed by atoms with Crippen molar-refractivity contribution in [1.82, 2.24) is 4.98 Å². The highest BCUT2D eigenvalue weighted by Gasteiger charge is 2.33. The summed E-state index contributed by atoms with van der Waals surface area (Å²) < 4.78 is 0. The Morgan fingerprint density at radius 2 is 2.15 bits per heavy atom. The Bertz CT molecular complexity index is 675. The molecule has 104 valence electrons. The van der Waals surface area contributed by atoms with Gasteiger partial charge in [-0.3, -0.25) is 4.79 Å². The van der Waals surface area contributed by atoms with Gasteiger partial charge in [-0.05, 0) is 29.5 Å². The van der Waals surface area contributed by atoms with Crippen molar-refractivity contribution < 1.29 is 4.79 Å². The molecule has 0 aliphatic heterocycles. The van der Waals surface area contributed by atoms with Gasteiger partial charge in [0.1, 0.15) is 0 Å². The molecule has 4 heteroatoms. The molecule has 2 aromatic rings. The van der Waals surface area contributed by atoms with Crippen molar-refractivity contribution in [2.45, 2.75) is 33.1 Å². The third-order valence-electron chi connectivity index (χ3n) is 3.52. The third kappa shape index (κ3) is 2.79. The fourth-order valence-corrected chi connectivity index (χ4v) is 3.93. The summed E-state index contributed by atoms with van der Waals surface area (Å²) in [5, 5.41) is 1.74. The summed E-state index contributed by atoms with van der Waals surface area (Å²) in [4.78, 5) is 17.7. The van der Waals surface area contributed by atoms with E-state index in [4.69, 9.17) is 11.6 Å². The summed E-state index contributed by atoms with van der Waals surface area (Å²) in [6.45, 7) is 4.26. The molecule has 0 N–H and O–H groups in total. The molecular formula is C16H16ClNOS. The highest BCUT2D eigenvalue weighted by atomic mass is 35.5. The molecule has 1 aliphatic carbocycles. The molecule has 2 nitrogen and oxygen atoms in total. The largest absolute Gasteiger partial charge is 0.293 e. The Balaban J connectivity index is 1.89. The second kappa shape index (κ2) is 4.97. The molecule has 0 radical (unpaired) electrons. The number of aromatic nitrogens is 1. The molecule has 0 bridgehead atoms. The van der Waals surface area contributed by atoms with Gasteiger partial charge in [-0.25, -0.2) is 4.98 Å². The van der Waals surface area contributed by atoms with E-state index in [-0.39, 0.29) is 11.2 Å². The van der Waals surface area contributed by atoms with Gasteiger partial charge in [0.25, 0.3) is 0 Å². The van der Waals surface area contributed by atoms with Gasteiger partial charge in [0.05, 0.1) is 15.6 Å². The minimum absolute atomic E-state index is 0.0332. The molecule has 3 rings (SSSR count). The average molecular weight is 306 g/mol. The highest BCUT2D eigenvalue weighted by molar-refractivity contribution is 7.13. The normalized spacial score (nSPS) is 17.1. The molecule has 0 fully saturated rings. The van der Waals surface area contributed by atoms with Gasteiger partial charge in [0.15, 0.2) is 5.78 Å².